The average molecular weight is 198 g/mol. The van der Waals surface area contributed by atoms with Crippen LogP contribution in [0.4, 0.5) is 0 Å². The quantitative estimate of drug-likeness (QED) is 0.623. The van der Waals surface area contributed by atoms with E-state index in [0.29, 0.717) is 5.92 Å². The summed E-state index contributed by atoms with van der Waals surface area (Å²) in [6.07, 6.45) is 9.87. The van der Waals surface area contributed by atoms with Gasteiger partial charge in [0, 0.05) is 5.92 Å². The Hall–Kier alpha value is -1.34. The first kappa shape index (κ1) is 8.93. The summed E-state index contributed by atoms with van der Waals surface area (Å²) in [5.41, 5.74) is 2.87. The van der Waals surface area contributed by atoms with Crippen LogP contribution in [0.1, 0.15) is 17.0 Å². The zero-order valence-electron chi connectivity index (χ0n) is 8.60. The fraction of sp³-hybridized carbons (Fsp3) is 0.286. The summed E-state index contributed by atoms with van der Waals surface area (Å²) in [5, 5.41) is 0. The topological polar surface area (TPSA) is 9.23 Å². The lowest BCUT2D eigenvalue weighted by atomic mass is 9.87. The van der Waals surface area contributed by atoms with Gasteiger partial charge >= 0.3 is 0 Å². The Morgan fingerprint density at radius 2 is 1.93 bits per heavy atom. The van der Waals surface area contributed by atoms with Crippen molar-refractivity contribution in [1.29, 1.82) is 0 Å². The molecule has 1 aromatic rings. The number of hydrogen-bond acceptors (Lipinski definition) is 1. The lowest BCUT2D eigenvalue weighted by Crippen LogP contribution is -2.18. The number of rotatable bonds is 0. The highest BCUT2D eigenvalue weighted by atomic mass is 16.5. The van der Waals surface area contributed by atoms with Crippen LogP contribution in [0.2, 0.25) is 0 Å². The van der Waals surface area contributed by atoms with Gasteiger partial charge in [0.1, 0.15) is 0 Å². The fourth-order valence-electron chi connectivity index (χ4n) is 2.42. The second-order valence-corrected chi connectivity index (χ2v) is 4.08. The van der Waals surface area contributed by atoms with E-state index in [1.54, 1.807) is 0 Å². The smallest absolute Gasteiger partial charge is 0.0862 e. The van der Waals surface area contributed by atoms with Crippen LogP contribution >= 0.6 is 0 Å². The molecule has 0 fully saturated rings. The molecule has 0 N–H and O–H groups in total. The minimum absolute atomic E-state index is 0.235. The second kappa shape index (κ2) is 3.67. The normalized spacial score (nSPS) is 28.0. The van der Waals surface area contributed by atoms with Crippen LogP contribution in [0.5, 0.6) is 0 Å². The van der Waals surface area contributed by atoms with Crippen LogP contribution in [0.25, 0.3) is 0 Å². The van der Waals surface area contributed by atoms with Gasteiger partial charge in [-0.1, -0.05) is 48.6 Å². The zero-order valence-corrected chi connectivity index (χ0v) is 8.60. The van der Waals surface area contributed by atoms with Crippen molar-refractivity contribution in [2.24, 2.45) is 0 Å². The number of allylic oxidation sites excluding steroid dienone is 2. The van der Waals surface area contributed by atoms with Gasteiger partial charge in [-0.05, 0) is 17.5 Å². The van der Waals surface area contributed by atoms with Crippen LogP contribution < -0.4 is 0 Å². The molecule has 1 aliphatic heterocycles. The summed E-state index contributed by atoms with van der Waals surface area (Å²) in [4.78, 5) is 0. The molecule has 76 valence electrons. The Morgan fingerprint density at radius 3 is 2.93 bits per heavy atom. The van der Waals surface area contributed by atoms with E-state index in [0.717, 1.165) is 13.0 Å². The molecule has 15 heavy (non-hydrogen) atoms. The highest BCUT2D eigenvalue weighted by Gasteiger charge is 2.25. The van der Waals surface area contributed by atoms with Crippen molar-refractivity contribution in [3.8, 4) is 0 Å². The third-order valence-corrected chi connectivity index (χ3v) is 3.18. The zero-order chi connectivity index (χ0) is 10.1. The van der Waals surface area contributed by atoms with Gasteiger partial charge in [-0.25, -0.2) is 0 Å². The van der Waals surface area contributed by atoms with E-state index in [9.17, 15) is 0 Å². The van der Waals surface area contributed by atoms with Gasteiger partial charge in [0.05, 0.1) is 12.7 Å². The highest BCUT2D eigenvalue weighted by molar-refractivity contribution is 5.38. The van der Waals surface area contributed by atoms with Gasteiger partial charge in [0.25, 0.3) is 0 Å². The number of hydrogen-bond donors (Lipinski definition) is 0. The Morgan fingerprint density at radius 1 is 1.07 bits per heavy atom. The molecule has 1 heterocycles. The Kier molecular flexibility index (Phi) is 2.18. The monoisotopic (exact) mass is 198 g/mol. The predicted molar refractivity (Wildman–Crippen MR) is 60.9 cm³/mol. The van der Waals surface area contributed by atoms with E-state index in [-0.39, 0.29) is 6.10 Å². The molecule has 2 atom stereocenters. The third kappa shape index (κ3) is 1.53. The summed E-state index contributed by atoms with van der Waals surface area (Å²) in [6.45, 7) is 0.830. The minimum Gasteiger partial charge on any atom is -0.373 e. The Labute approximate surface area is 90.1 Å². The number of fused-ring (bicyclic) bond motifs is 3. The second-order valence-electron chi connectivity index (χ2n) is 4.08. The lowest BCUT2D eigenvalue weighted by Gasteiger charge is -2.22. The molecule has 1 aliphatic carbocycles. The van der Waals surface area contributed by atoms with Crippen molar-refractivity contribution in [3.63, 3.8) is 0 Å². The summed E-state index contributed by atoms with van der Waals surface area (Å²) in [7, 11) is 0. The van der Waals surface area contributed by atoms with Crippen molar-refractivity contribution in [2.45, 2.75) is 18.4 Å². The van der Waals surface area contributed by atoms with Gasteiger partial charge in [-0.15, -0.1) is 0 Å². The van der Waals surface area contributed by atoms with Gasteiger partial charge < -0.3 is 4.74 Å². The van der Waals surface area contributed by atoms with Crippen LogP contribution in [0, 0.1) is 0 Å². The summed E-state index contributed by atoms with van der Waals surface area (Å²) in [6, 6.07) is 8.67. The van der Waals surface area contributed by atoms with E-state index >= 15 is 0 Å². The Balaban J connectivity index is 2.08. The first-order chi connectivity index (χ1) is 7.45. The first-order valence-corrected chi connectivity index (χ1v) is 5.49. The first-order valence-electron chi connectivity index (χ1n) is 5.49. The van der Waals surface area contributed by atoms with Gasteiger partial charge in [-0.3, -0.25) is 0 Å². The largest absolute Gasteiger partial charge is 0.373 e. The average Bonchev–Trinajstić information content (AvgIpc) is 2.48. The van der Waals surface area contributed by atoms with Crippen molar-refractivity contribution in [3.05, 3.63) is 59.7 Å². The van der Waals surface area contributed by atoms with Gasteiger partial charge in [0.15, 0.2) is 0 Å². The maximum absolute atomic E-state index is 5.85. The molecule has 1 nitrogen and oxygen atoms in total. The van der Waals surface area contributed by atoms with Crippen LogP contribution in [0.15, 0.2) is 48.6 Å². The standard InChI is InChI=1S/C14H14O/c1-2-6-12-11(5-1)9-10-15-14-8-4-3-7-13(12)14/h1-8,13-14H,9-10H2. The summed E-state index contributed by atoms with van der Waals surface area (Å²) >= 11 is 0. The summed E-state index contributed by atoms with van der Waals surface area (Å²) in [5.74, 6) is 0.411. The number of ether oxygens (including phenoxy) is 1. The molecule has 0 amide bonds. The fourth-order valence-corrected chi connectivity index (χ4v) is 2.42. The Bertz CT molecular complexity index is 417. The van der Waals surface area contributed by atoms with Crippen molar-refractivity contribution in [1.82, 2.24) is 0 Å². The maximum Gasteiger partial charge on any atom is 0.0862 e. The van der Waals surface area contributed by atoms with Crippen LogP contribution in [-0.2, 0) is 11.2 Å². The predicted octanol–water partition coefficient (Wildman–Crippen LogP) is 2.84. The molecule has 0 spiro atoms. The lowest BCUT2D eigenvalue weighted by molar-refractivity contribution is 0.0837. The molecule has 0 radical (unpaired) electrons. The molecule has 0 saturated heterocycles. The number of benzene rings is 1. The van der Waals surface area contributed by atoms with Gasteiger partial charge in [0.2, 0.25) is 0 Å². The van der Waals surface area contributed by atoms with Crippen molar-refractivity contribution < 1.29 is 4.74 Å². The van der Waals surface area contributed by atoms with E-state index in [1.165, 1.54) is 11.1 Å². The summed E-state index contributed by atoms with van der Waals surface area (Å²) < 4.78 is 5.85. The van der Waals surface area contributed by atoms with Gasteiger partial charge in [-0.2, -0.15) is 0 Å². The molecule has 1 aromatic carbocycles. The molecular weight excluding hydrogens is 184 g/mol. The molecular formula is C14H14O. The molecule has 2 unspecified atom stereocenters. The molecule has 3 rings (SSSR count). The van der Waals surface area contributed by atoms with Crippen molar-refractivity contribution in [2.75, 3.05) is 6.61 Å². The van der Waals surface area contributed by atoms with Crippen LogP contribution in [-0.4, -0.2) is 12.7 Å². The molecule has 1 heteroatoms. The highest BCUT2D eigenvalue weighted by Crippen LogP contribution is 2.32. The minimum atomic E-state index is 0.235. The molecule has 0 aromatic heterocycles. The van der Waals surface area contributed by atoms with E-state index in [1.807, 2.05) is 0 Å². The van der Waals surface area contributed by atoms with E-state index in [4.69, 9.17) is 4.74 Å². The third-order valence-electron chi connectivity index (χ3n) is 3.18. The van der Waals surface area contributed by atoms with E-state index < -0.39 is 0 Å². The SMILES string of the molecule is C1=CC2OCCc3ccccc3C2C=C1. The maximum atomic E-state index is 5.85. The van der Waals surface area contributed by atoms with Crippen LogP contribution in [0.3, 0.4) is 0 Å². The molecule has 2 aliphatic rings. The molecule has 0 saturated carbocycles. The van der Waals surface area contributed by atoms with Crippen molar-refractivity contribution >= 4 is 0 Å². The van der Waals surface area contributed by atoms with E-state index in [2.05, 4.69) is 48.6 Å². The molecule has 0 bridgehead atoms.